The molecule has 0 aliphatic carbocycles. The van der Waals surface area contributed by atoms with Crippen molar-refractivity contribution in [2.75, 3.05) is 32.6 Å². The van der Waals surface area contributed by atoms with Gasteiger partial charge in [0.1, 0.15) is 5.75 Å². The highest BCUT2D eigenvalue weighted by Gasteiger charge is 2.30. The van der Waals surface area contributed by atoms with E-state index in [1.807, 2.05) is 49.6 Å². The number of ether oxygens (including phenoxy) is 1. The van der Waals surface area contributed by atoms with E-state index in [9.17, 15) is 0 Å². The van der Waals surface area contributed by atoms with Gasteiger partial charge in [-0.25, -0.2) is 9.97 Å². The van der Waals surface area contributed by atoms with Crippen molar-refractivity contribution in [3.8, 4) is 16.9 Å². The zero-order chi connectivity index (χ0) is 22.8. The number of aromatic nitrogens is 3. The van der Waals surface area contributed by atoms with E-state index in [0.717, 1.165) is 60.0 Å². The van der Waals surface area contributed by atoms with Gasteiger partial charge < -0.3 is 9.64 Å². The summed E-state index contributed by atoms with van der Waals surface area (Å²) in [6.45, 7) is 1.93. The number of rotatable bonds is 6. The molecule has 3 heterocycles. The zero-order valence-corrected chi connectivity index (χ0v) is 19.4. The van der Waals surface area contributed by atoms with Gasteiger partial charge in [-0.2, -0.15) is 0 Å². The second-order valence-corrected chi connectivity index (χ2v) is 8.75. The van der Waals surface area contributed by atoms with Crippen LogP contribution in [0.25, 0.3) is 22.0 Å². The highest BCUT2D eigenvalue weighted by Crippen LogP contribution is 2.38. The van der Waals surface area contributed by atoms with E-state index >= 15 is 0 Å². The number of hydrogen-bond donors (Lipinski definition) is 0. The largest absolute Gasteiger partial charge is 0.497 e. The topological polar surface area (TPSA) is 54.4 Å². The molecule has 0 saturated carbocycles. The van der Waals surface area contributed by atoms with Gasteiger partial charge in [0.05, 0.1) is 24.4 Å². The molecule has 2 aromatic carbocycles. The molecule has 2 aromatic heterocycles. The first-order chi connectivity index (χ1) is 16.1. The average Bonchev–Trinajstić information content (AvgIpc) is 3.31. The highest BCUT2D eigenvalue weighted by atomic mass is 16.5. The van der Waals surface area contributed by atoms with Gasteiger partial charge in [-0.15, -0.1) is 0 Å². The van der Waals surface area contributed by atoms with Crippen LogP contribution < -0.4 is 9.64 Å². The summed E-state index contributed by atoms with van der Waals surface area (Å²) in [6.07, 6.45) is 6.04. The second kappa shape index (κ2) is 9.16. The first-order valence-corrected chi connectivity index (χ1v) is 11.4. The van der Waals surface area contributed by atoms with E-state index < -0.39 is 0 Å². The quantitative estimate of drug-likeness (QED) is 0.416. The fourth-order valence-electron chi connectivity index (χ4n) is 4.65. The predicted octanol–water partition coefficient (Wildman–Crippen LogP) is 5.10. The molecule has 33 heavy (non-hydrogen) atoms. The van der Waals surface area contributed by atoms with Crippen molar-refractivity contribution in [3.05, 3.63) is 78.2 Å². The molecule has 168 valence electrons. The summed E-state index contributed by atoms with van der Waals surface area (Å²) in [6, 6.07) is 19.1. The molecule has 1 aliphatic rings. The van der Waals surface area contributed by atoms with Gasteiger partial charge in [0.15, 0.2) is 0 Å². The Bertz CT molecular complexity index is 1270. The summed E-state index contributed by atoms with van der Waals surface area (Å²) in [7, 11) is 5.67. The van der Waals surface area contributed by atoms with Crippen LogP contribution in [0.5, 0.6) is 5.75 Å². The summed E-state index contributed by atoms with van der Waals surface area (Å²) >= 11 is 0. The number of anilines is 1. The lowest BCUT2D eigenvalue weighted by molar-refractivity contribution is 0.245. The number of methoxy groups -OCH3 is 1. The normalized spacial score (nSPS) is 16.3. The monoisotopic (exact) mass is 439 g/mol. The molecule has 0 spiro atoms. The lowest BCUT2D eigenvalue weighted by atomic mass is 9.99. The van der Waals surface area contributed by atoms with Gasteiger partial charge in [-0.1, -0.05) is 24.3 Å². The summed E-state index contributed by atoms with van der Waals surface area (Å²) in [5.41, 5.74) is 5.57. The first-order valence-electron chi connectivity index (χ1n) is 11.4. The van der Waals surface area contributed by atoms with Crippen molar-refractivity contribution < 1.29 is 4.74 Å². The lowest BCUT2D eigenvalue weighted by Gasteiger charge is -2.27. The fraction of sp³-hybridized carbons (Fsp3) is 0.296. The summed E-state index contributed by atoms with van der Waals surface area (Å²) in [5, 5.41) is 1.18. The van der Waals surface area contributed by atoms with E-state index in [1.165, 1.54) is 10.9 Å². The molecule has 0 bridgehead atoms. The molecule has 0 amide bonds. The third-order valence-electron chi connectivity index (χ3n) is 6.32. The standard InChI is InChI=1S/C27H29N5O/c1-31(2)27-29-17-23(20-7-4-9-22(16-20)33-3)26(30-27)25-10-6-14-32(25)18-19-11-12-24-21(15-19)8-5-13-28-24/h4-5,7-9,11-13,15-17,25H,6,10,14,18H2,1-3H3/t25-/m0/s1. The highest BCUT2D eigenvalue weighted by molar-refractivity contribution is 5.78. The van der Waals surface area contributed by atoms with Crippen molar-refractivity contribution in [3.63, 3.8) is 0 Å². The van der Waals surface area contributed by atoms with Crippen molar-refractivity contribution in [1.29, 1.82) is 0 Å². The van der Waals surface area contributed by atoms with Crippen LogP contribution in [0.4, 0.5) is 5.95 Å². The molecule has 6 heteroatoms. The van der Waals surface area contributed by atoms with Crippen molar-refractivity contribution in [2.45, 2.75) is 25.4 Å². The maximum absolute atomic E-state index is 5.47. The fourth-order valence-corrected chi connectivity index (χ4v) is 4.65. The Morgan fingerprint density at radius 2 is 1.97 bits per heavy atom. The maximum Gasteiger partial charge on any atom is 0.225 e. The van der Waals surface area contributed by atoms with Gasteiger partial charge in [-0.05, 0) is 60.8 Å². The Kier molecular flexibility index (Phi) is 5.92. The van der Waals surface area contributed by atoms with Crippen LogP contribution in [-0.4, -0.2) is 47.6 Å². The van der Waals surface area contributed by atoms with Gasteiger partial charge in [0.25, 0.3) is 0 Å². The lowest BCUT2D eigenvalue weighted by Crippen LogP contribution is -2.25. The number of likely N-dealkylation sites (tertiary alicyclic amines) is 1. The van der Waals surface area contributed by atoms with E-state index in [-0.39, 0.29) is 6.04 Å². The molecule has 5 rings (SSSR count). The number of fused-ring (bicyclic) bond motifs is 1. The maximum atomic E-state index is 5.47. The molecule has 0 radical (unpaired) electrons. The zero-order valence-electron chi connectivity index (χ0n) is 19.4. The van der Waals surface area contributed by atoms with Crippen LogP contribution in [0, 0.1) is 0 Å². The Morgan fingerprint density at radius 3 is 2.82 bits per heavy atom. The van der Waals surface area contributed by atoms with E-state index in [0.29, 0.717) is 0 Å². The number of benzene rings is 2. The Balaban J connectivity index is 1.52. The van der Waals surface area contributed by atoms with Crippen LogP contribution in [0.1, 0.15) is 30.1 Å². The molecule has 1 saturated heterocycles. The van der Waals surface area contributed by atoms with Gasteiger partial charge in [-0.3, -0.25) is 9.88 Å². The Labute approximate surface area is 194 Å². The van der Waals surface area contributed by atoms with E-state index in [2.05, 4.69) is 51.3 Å². The van der Waals surface area contributed by atoms with Crippen LogP contribution in [-0.2, 0) is 6.54 Å². The molecular weight excluding hydrogens is 410 g/mol. The minimum atomic E-state index is 0.234. The van der Waals surface area contributed by atoms with Crippen LogP contribution in [0.3, 0.4) is 0 Å². The van der Waals surface area contributed by atoms with E-state index in [1.54, 1.807) is 7.11 Å². The minimum absolute atomic E-state index is 0.234. The molecular formula is C27H29N5O. The Hall–Kier alpha value is -3.51. The molecule has 0 N–H and O–H groups in total. The summed E-state index contributed by atoms with van der Waals surface area (Å²) < 4.78 is 5.47. The molecule has 0 unspecified atom stereocenters. The molecule has 4 aromatic rings. The number of nitrogens with zero attached hydrogens (tertiary/aromatic N) is 5. The Morgan fingerprint density at radius 1 is 1.06 bits per heavy atom. The van der Waals surface area contributed by atoms with Crippen molar-refractivity contribution >= 4 is 16.9 Å². The van der Waals surface area contributed by atoms with Crippen LogP contribution in [0.2, 0.25) is 0 Å². The number of pyridine rings is 1. The second-order valence-electron chi connectivity index (χ2n) is 8.75. The van der Waals surface area contributed by atoms with Crippen LogP contribution in [0.15, 0.2) is 67.0 Å². The van der Waals surface area contributed by atoms with Crippen molar-refractivity contribution in [2.24, 2.45) is 0 Å². The summed E-state index contributed by atoms with van der Waals surface area (Å²) in [4.78, 5) is 18.7. The smallest absolute Gasteiger partial charge is 0.225 e. The SMILES string of the molecule is COc1cccc(-c2cnc(N(C)C)nc2[C@@H]2CCCN2Cc2ccc3ncccc3c2)c1. The minimum Gasteiger partial charge on any atom is -0.497 e. The molecule has 1 fully saturated rings. The molecule has 1 aliphatic heterocycles. The summed E-state index contributed by atoms with van der Waals surface area (Å²) in [5.74, 6) is 1.57. The van der Waals surface area contributed by atoms with Gasteiger partial charge in [0, 0.05) is 44.0 Å². The van der Waals surface area contributed by atoms with Crippen molar-refractivity contribution in [1.82, 2.24) is 19.9 Å². The third kappa shape index (κ3) is 4.39. The first kappa shape index (κ1) is 21.3. The van der Waals surface area contributed by atoms with E-state index in [4.69, 9.17) is 9.72 Å². The average molecular weight is 440 g/mol. The molecule has 1 atom stereocenters. The van der Waals surface area contributed by atoms with Gasteiger partial charge >= 0.3 is 0 Å². The van der Waals surface area contributed by atoms with Gasteiger partial charge in [0.2, 0.25) is 5.95 Å². The number of hydrogen-bond acceptors (Lipinski definition) is 6. The third-order valence-corrected chi connectivity index (χ3v) is 6.32. The predicted molar refractivity (Wildman–Crippen MR) is 132 cm³/mol. The molecule has 6 nitrogen and oxygen atoms in total. The van der Waals surface area contributed by atoms with Crippen LogP contribution >= 0.6 is 0 Å².